The highest BCUT2D eigenvalue weighted by Gasteiger charge is 2.24. The summed E-state index contributed by atoms with van der Waals surface area (Å²) in [5.74, 6) is -0.784. The smallest absolute Gasteiger partial charge is 0.225 e. The van der Waals surface area contributed by atoms with Gasteiger partial charge in [0.1, 0.15) is 5.82 Å². The summed E-state index contributed by atoms with van der Waals surface area (Å²) in [6.45, 7) is 5.67. The number of aromatic nitrogens is 2. The Morgan fingerprint density at radius 2 is 1.72 bits per heavy atom. The van der Waals surface area contributed by atoms with Crippen molar-refractivity contribution in [2.45, 2.75) is 32.9 Å². The number of hydrogen-bond donors (Lipinski definition) is 2. The lowest BCUT2D eigenvalue weighted by atomic mass is 9.94. The Bertz CT molecular complexity index is 943. The number of nitrogens with two attached hydrogens (primary N) is 1. The minimum absolute atomic E-state index is 0. The number of carbonyl (C=O) groups excluding carboxylic acids is 1. The van der Waals surface area contributed by atoms with Crippen molar-refractivity contribution in [3.63, 3.8) is 0 Å². The van der Waals surface area contributed by atoms with Crippen LogP contribution in [-0.2, 0) is 4.79 Å². The summed E-state index contributed by atoms with van der Waals surface area (Å²) in [5, 5.41) is 7.42. The van der Waals surface area contributed by atoms with Crippen molar-refractivity contribution in [2.24, 2.45) is 11.7 Å². The first kappa shape index (κ1) is 22.6. The molecule has 5 nitrogen and oxygen atoms in total. The molecule has 0 saturated heterocycles. The van der Waals surface area contributed by atoms with Crippen LogP contribution in [-0.4, -0.2) is 15.7 Å². The maximum Gasteiger partial charge on any atom is 0.225 e. The number of nitrogens with zero attached hydrogens (tertiary/aromatic N) is 2. The number of halogens is 2. The fourth-order valence-electron chi connectivity index (χ4n) is 3.24. The third-order valence-corrected chi connectivity index (χ3v) is 5.08. The molecule has 29 heavy (non-hydrogen) atoms. The third-order valence-electron chi connectivity index (χ3n) is 5.08. The van der Waals surface area contributed by atoms with Gasteiger partial charge in [-0.25, -0.2) is 9.07 Å². The molecular weight excluding hydrogens is 391 g/mol. The SMILES string of the molecule is Cc1c(C(C)NC(=O)C(C)C(N)c2ccccc2)cnn1-c1ccc(F)cc1.Cl. The van der Waals surface area contributed by atoms with Crippen molar-refractivity contribution >= 4 is 18.3 Å². The summed E-state index contributed by atoms with van der Waals surface area (Å²) in [4.78, 5) is 12.7. The van der Waals surface area contributed by atoms with E-state index in [1.807, 2.05) is 51.1 Å². The summed E-state index contributed by atoms with van der Waals surface area (Å²) in [6, 6.07) is 15.1. The minimum Gasteiger partial charge on any atom is -0.349 e. The first-order chi connectivity index (χ1) is 13.4. The molecule has 1 amide bonds. The Labute approximate surface area is 176 Å². The topological polar surface area (TPSA) is 72.9 Å². The molecule has 7 heteroatoms. The summed E-state index contributed by atoms with van der Waals surface area (Å²) in [6.07, 6.45) is 1.73. The van der Waals surface area contributed by atoms with Gasteiger partial charge in [-0.05, 0) is 43.7 Å². The highest BCUT2D eigenvalue weighted by Crippen LogP contribution is 2.23. The van der Waals surface area contributed by atoms with Gasteiger partial charge in [0.15, 0.2) is 0 Å². The zero-order chi connectivity index (χ0) is 20.3. The van der Waals surface area contributed by atoms with Crippen LogP contribution in [0.1, 0.15) is 42.8 Å². The van der Waals surface area contributed by atoms with Gasteiger partial charge in [0.05, 0.1) is 23.8 Å². The zero-order valence-electron chi connectivity index (χ0n) is 16.7. The van der Waals surface area contributed by atoms with E-state index in [-0.39, 0.29) is 42.1 Å². The van der Waals surface area contributed by atoms with Crippen LogP contribution < -0.4 is 11.1 Å². The fourth-order valence-corrected chi connectivity index (χ4v) is 3.24. The first-order valence-electron chi connectivity index (χ1n) is 9.30. The lowest BCUT2D eigenvalue weighted by Crippen LogP contribution is -2.37. The van der Waals surface area contributed by atoms with E-state index in [2.05, 4.69) is 10.4 Å². The van der Waals surface area contributed by atoms with Crippen molar-refractivity contribution in [2.75, 3.05) is 0 Å². The molecule has 3 N–H and O–H groups in total. The maximum atomic E-state index is 13.2. The Kier molecular flexibility index (Phi) is 7.53. The number of hydrogen-bond acceptors (Lipinski definition) is 3. The Morgan fingerprint density at radius 1 is 1.10 bits per heavy atom. The lowest BCUT2D eigenvalue weighted by Gasteiger charge is -2.22. The highest BCUT2D eigenvalue weighted by molar-refractivity contribution is 5.85. The molecule has 1 aromatic heterocycles. The molecule has 154 valence electrons. The average Bonchev–Trinajstić information content (AvgIpc) is 3.09. The predicted octanol–water partition coefficient (Wildman–Crippen LogP) is 4.25. The van der Waals surface area contributed by atoms with E-state index in [1.165, 1.54) is 12.1 Å². The molecule has 0 aliphatic heterocycles. The van der Waals surface area contributed by atoms with Gasteiger partial charge in [-0.15, -0.1) is 12.4 Å². The number of benzene rings is 2. The van der Waals surface area contributed by atoms with Crippen LogP contribution in [0.2, 0.25) is 0 Å². The Balaban J connectivity index is 0.00000300. The van der Waals surface area contributed by atoms with Gasteiger partial charge < -0.3 is 11.1 Å². The van der Waals surface area contributed by atoms with E-state index in [0.717, 1.165) is 22.5 Å². The standard InChI is InChI=1S/C22H25FN4O.ClH/c1-14(21(24)17-7-5-4-6-8-17)22(28)26-15(2)20-13-25-27(16(20)3)19-11-9-18(23)10-12-19;/h4-15,21H,24H2,1-3H3,(H,26,28);1H. The molecule has 3 atom stereocenters. The minimum atomic E-state index is -0.378. The molecule has 3 aromatic rings. The number of nitrogens with one attached hydrogen (secondary N) is 1. The molecule has 0 saturated carbocycles. The normalized spacial score (nSPS) is 13.8. The average molecular weight is 417 g/mol. The predicted molar refractivity (Wildman–Crippen MR) is 115 cm³/mol. The van der Waals surface area contributed by atoms with Crippen LogP contribution >= 0.6 is 12.4 Å². The molecule has 0 radical (unpaired) electrons. The van der Waals surface area contributed by atoms with Crippen molar-refractivity contribution < 1.29 is 9.18 Å². The molecule has 0 fully saturated rings. The molecule has 3 rings (SSSR count). The lowest BCUT2D eigenvalue weighted by molar-refractivity contribution is -0.125. The second kappa shape index (κ2) is 9.67. The molecule has 0 bridgehead atoms. The molecule has 1 heterocycles. The van der Waals surface area contributed by atoms with Gasteiger partial charge in [-0.1, -0.05) is 37.3 Å². The van der Waals surface area contributed by atoms with Crippen LogP contribution in [0.5, 0.6) is 0 Å². The quantitative estimate of drug-likeness (QED) is 0.630. The fraction of sp³-hybridized carbons (Fsp3) is 0.273. The summed E-state index contributed by atoms with van der Waals surface area (Å²) >= 11 is 0. The van der Waals surface area contributed by atoms with Gasteiger partial charge in [0, 0.05) is 17.3 Å². The van der Waals surface area contributed by atoms with E-state index < -0.39 is 0 Å². The largest absolute Gasteiger partial charge is 0.349 e. The van der Waals surface area contributed by atoms with E-state index in [4.69, 9.17) is 5.73 Å². The van der Waals surface area contributed by atoms with Gasteiger partial charge in [0.2, 0.25) is 5.91 Å². The van der Waals surface area contributed by atoms with Crippen LogP contribution in [0.4, 0.5) is 4.39 Å². The number of amides is 1. The first-order valence-corrected chi connectivity index (χ1v) is 9.30. The van der Waals surface area contributed by atoms with Gasteiger partial charge in [-0.2, -0.15) is 5.10 Å². The van der Waals surface area contributed by atoms with Gasteiger partial charge in [-0.3, -0.25) is 4.79 Å². The summed E-state index contributed by atoms with van der Waals surface area (Å²) < 4.78 is 14.9. The maximum absolute atomic E-state index is 13.2. The number of rotatable bonds is 6. The van der Waals surface area contributed by atoms with Crippen LogP contribution in [0, 0.1) is 18.7 Å². The summed E-state index contributed by atoms with van der Waals surface area (Å²) in [5.41, 5.74) is 9.75. The molecule has 0 spiro atoms. The zero-order valence-corrected chi connectivity index (χ0v) is 17.5. The van der Waals surface area contributed by atoms with E-state index in [9.17, 15) is 9.18 Å². The van der Waals surface area contributed by atoms with Crippen LogP contribution in [0.15, 0.2) is 60.8 Å². The Hall–Kier alpha value is -2.70. The van der Waals surface area contributed by atoms with Crippen LogP contribution in [0.3, 0.4) is 0 Å². The van der Waals surface area contributed by atoms with E-state index in [1.54, 1.807) is 23.0 Å². The van der Waals surface area contributed by atoms with E-state index >= 15 is 0 Å². The highest BCUT2D eigenvalue weighted by atomic mass is 35.5. The second-order valence-corrected chi connectivity index (χ2v) is 7.03. The van der Waals surface area contributed by atoms with E-state index in [0.29, 0.717) is 0 Å². The number of carbonyl (C=O) groups is 1. The van der Waals surface area contributed by atoms with Crippen molar-refractivity contribution in [1.82, 2.24) is 15.1 Å². The molecule has 3 unspecified atom stereocenters. The molecule has 2 aromatic carbocycles. The Morgan fingerprint density at radius 3 is 2.34 bits per heavy atom. The van der Waals surface area contributed by atoms with Crippen LogP contribution in [0.25, 0.3) is 5.69 Å². The van der Waals surface area contributed by atoms with Crippen molar-refractivity contribution in [1.29, 1.82) is 0 Å². The second-order valence-electron chi connectivity index (χ2n) is 7.03. The van der Waals surface area contributed by atoms with Crippen molar-refractivity contribution in [3.05, 3.63) is 83.4 Å². The van der Waals surface area contributed by atoms with Gasteiger partial charge >= 0.3 is 0 Å². The molecule has 0 aliphatic carbocycles. The van der Waals surface area contributed by atoms with Crippen molar-refractivity contribution in [3.8, 4) is 5.69 Å². The monoisotopic (exact) mass is 416 g/mol. The third kappa shape index (κ3) is 5.02. The summed E-state index contributed by atoms with van der Waals surface area (Å²) in [7, 11) is 0. The van der Waals surface area contributed by atoms with Gasteiger partial charge in [0.25, 0.3) is 0 Å². The molecular formula is C22H26ClFN4O. The molecule has 0 aliphatic rings.